The van der Waals surface area contributed by atoms with Gasteiger partial charge in [0.25, 0.3) is 5.91 Å². The first-order chi connectivity index (χ1) is 10.3. The summed E-state index contributed by atoms with van der Waals surface area (Å²) in [6, 6.07) is 2.05. The zero-order valence-corrected chi connectivity index (χ0v) is 13.3. The first-order valence-electron chi connectivity index (χ1n) is 7.87. The minimum atomic E-state index is -0.110. The standard InChI is InChI=1S/C16H23NO3S/c1-2-11-3-4-14-13(7-11)8-15(21-14)16(18)17-20-10-12-5-6-19-9-12/h8,11-12H,2-7,9-10H2,1H3,(H,17,18)/t11-,12-/m1/s1. The SMILES string of the molecule is CC[C@@H]1CCc2sc(C(=O)NOC[C@@H]3CCOC3)cc2C1. The molecule has 3 rings (SSSR count). The van der Waals surface area contributed by atoms with Gasteiger partial charge in [-0.1, -0.05) is 13.3 Å². The van der Waals surface area contributed by atoms with Crippen LogP contribution in [0.5, 0.6) is 0 Å². The summed E-state index contributed by atoms with van der Waals surface area (Å²) in [5, 5.41) is 0. The van der Waals surface area contributed by atoms with Crippen LogP contribution in [0.15, 0.2) is 6.07 Å². The van der Waals surface area contributed by atoms with Crippen LogP contribution < -0.4 is 5.48 Å². The molecule has 116 valence electrons. The molecule has 0 unspecified atom stereocenters. The van der Waals surface area contributed by atoms with Gasteiger partial charge in [0.15, 0.2) is 0 Å². The lowest BCUT2D eigenvalue weighted by atomic mass is 9.87. The van der Waals surface area contributed by atoms with Crippen molar-refractivity contribution >= 4 is 17.2 Å². The number of hydrogen-bond acceptors (Lipinski definition) is 4. The zero-order chi connectivity index (χ0) is 14.7. The van der Waals surface area contributed by atoms with Crippen LogP contribution in [0.2, 0.25) is 0 Å². The van der Waals surface area contributed by atoms with Crippen molar-refractivity contribution in [2.45, 2.75) is 39.0 Å². The van der Waals surface area contributed by atoms with E-state index in [1.807, 2.05) is 0 Å². The van der Waals surface area contributed by atoms with Gasteiger partial charge in [-0.15, -0.1) is 11.3 Å². The van der Waals surface area contributed by atoms with Crippen LogP contribution in [0.3, 0.4) is 0 Å². The molecule has 1 aliphatic carbocycles. The van der Waals surface area contributed by atoms with Crippen molar-refractivity contribution < 1.29 is 14.4 Å². The number of carbonyl (C=O) groups is 1. The molecule has 1 N–H and O–H groups in total. The van der Waals surface area contributed by atoms with Crippen molar-refractivity contribution in [3.63, 3.8) is 0 Å². The Balaban J connectivity index is 1.52. The fourth-order valence-electron chi connectivity index (χ4n) is 3.05. The normalized spacial score (nSPS) is 24.8. The summed E-state index contributed by atoms with van der Waals surface area (Å²) in [6.45, 7) is 4.32. The summed E-state index contributed by atoms with van der Waals surface area (Å²) in [5.41, 5.74) is 3.94. The molecule has 4 nitrogen and oxygen atoms in total. The van der Waals surface area contributed by atoms with Crippen molar-refractivity contribution in [1.82, 2.24) is 5.48 Å². The molecule has 2 aliphatic rings. The topological polar surface area (TPSA) is 47.6 Å². The van der Waals surface area contributed by atoms with E-state index < -0.39 is 0 Å². The monoisotopic (exact) mass is 309 g/mol. The molecular formula is C16H23NO3S. The van der Waals surface area contributed by atoms with E-state index >= 15 is 0 Å². The zero-order valence-electron chi connectivity index (χ0n) is 12.5. The number of aryl methyl sites for hydroxylation is 1. The van der Waals surface area contributed by atoms with Gasteiger partial charge < -0.3 is 4.74 Å². The first-order valence-corrected chi connectivity index (χ1v) is 8.69. The molecule has 0 saturated carbocycles. The molecule has 2 atom stereocenters. The van der Waals surface area contributed by atoms with Crippen molar-refractivity contribution in [1.29, 1.82) is 0 Å². The third kappa shape index (κ3) is 3.65. The third-order valence-corrected chi connectivity index (χ3v) is 5.73. The predicted molar refractivity (Wildman–Crippen MR) is 82.5 cm³/mol. The number of fused-ring (bicyclic) bond motifs is 1. The van der Waals surface area contributed by atoms with E-state index in [1.165, 1.54) is 23.3 Å². The molecule has 0 aromatic carbocycles. The summed E-state index contributed by atoms with van der Waals surface area (Å²) in [4.78, 5) is 19.6. The molecule has 21 heavy (non-hydrogen) atoms. The number of carbonyl (C=O) groups excluding carboxylic acids is 1. The van der Waals surface area contributed by atoms with Crippen LogP contribution in [0.4, 0.5) is 0 Å². The molecule has 0 spiro atoms. The second-order valence-electron chi connectivity index (χ2n) is 6.05. The molecule has 1 aliphatic heterocycles. The van der Waals surface area contributed by atoms with Gasteiger partial charge in [0, 0.05) is 17.4 Å². The second kappa shape index (κ2) is 6.90. The van der Waals surface area contributed by atoms with Crippen molar-refractivity contribution in [3.8, 4) is 0 Å². The summed E-state index contributed by atoms with van der Waals surface area (Å²) >= 11 is 1.62. The number of hydroxylamine groups is 1. The van der Waals surface area contributed by atoms with E-state index in [9.17, 15) is 4.79 Å². The molecule has 1 saturated heterocycles. The van der Waals surface area contributed by atoms with Crippen LogP contribution in [-0.4, -0.2) is 25.7 Å². The lowest BCUT2D eigenvalue weighted by Gasteiger charge is -2.19. The lowest BCUT2D eigenvalue weighted by Crippen LogP contribution is -2.26. The number of hydrogen-bond donors (Lipinski definition) is 1. The van der Waals surface area contributed by atoms with E-state index in [-0.39, 0.29) is 5.91 Å². The molecule has 2 heterocycles. The van der Waals surface area contributed by atoms with Crippen LogP contribution in [-0.2, 0) is 22.4 Å². The smallest absolute Gasteiger partial charge is 0.284 e. The highest BCUT2D eigenvalue weighted by Gasteiger charge is 2.22. The van der Waals surface area contributed by atoms with E-state index in [0.29, 0.717) is 12.5 Å². The summed E-state index contributed by atoms with van der Waals surface area (Å²) in [6.07, 6.45) is 5.73. The lowest BCUT2D eigenvalue weighted by molar-refractivity contribution is 0.0148. The molecule has 1 aromatic heterocycles. The number of amides is 1. The maximum absolute atomic E-state index is 12.1. The van der Waals surface area contributed by atoms with Crippen LogP contribution >= 0.6 is 11.3 Å². The van der Waals surface area contributed by atoms with Crippen LogP contribution in [0.25, 0.3) is 0 Å². The average Bonchev–Trinajstić information content (AvgIpc) is 3.15. The molecular weight excluding hydrogens is 286 g/mol. The summed E-state index contributed by atoms with van der Waals surface area (Å²) in [7, 11) is 0. The Hall–Kier alpha value is -0.910. The Morgan fingerprint density at radius 1 is 1.48 bits per heavy atom. The fourth-order valence-corrected chi connectivity index (χ4v) is 4.14. The van der Waals surface area contributed by atoms with E-state index in [4.69, 9.17) is 9.57 Å². The van der Waals surface area contributed by atoms with Crippen LogP contribution in [0.1, 0.15) is 46.3 Å². The average molecular weight is 309 g/mol. The molecule has 1 amide bonds. The first kappa shape index (κ1) is 15.0. The molecule has 1 aromatic rings. The third-order valence-electron chi connectivity index (χ3n) is 4.49. The van der Waals surface area contributed by atoms with Gasteiger partial charge in [-0.2, -0.15) is 0 Å². The summed E-state index contributed by atoms with van der Waals surface area (Å²) in [5.74, 6) is 1.08. The van der Waals surface area contributed by atoms with E-state index in [2.05, 4.69) is 18.5 Å². The van der Waals surface area contributed by atoms with Crippen molar-refractivity contribution in [3.05, 3.63) is 21.4 Å². The highest BCUT2D eigenvalue weighted by Crippen LogP contribution is 2.33. The van der Waals surface area contributed by atoms with Crippen LogP contribution in [0, 0.1) is 11.8 Å². The number of ether oxygens (including phenoxy) is 1. The highest BCUT2D eigenvalue weighted by atomic mass is 32.1. The highest BCUT2D eigenvalue weighted by molar-refractivity contribution is 7.14. The number of thiophene rings is 1. The predicted octanol–water partition coefficient (Wildman–Crippen LogP) is 2.96. The quantitative estimate of drug-likeness (QED) is 0.851. The maximum Gasteiger partial charge on any atom is 0.284 e. The maximum atomic E-state index is 12.1. The largest absolute Gasteiger partial charge is 0.381 e. The Bertz CT molecular complexity index is 494. The van der Waals surface area contributed by atoms with Crippen molar-refractivity contribution in [2.24, 2.45) is 11.8 Å². The van der Waals surface area contributed by atoms with Gasteiger partial charge in [0.1, 0.15) is 0 Å². The van der Waals surface area contributed by atoms with E-state index in [0.717, 1.165) is 43.3 Å². The van der Waals surface area contributed by atoms with Gasteiger partial charge in [0.2, 0.25) is 0 Å². The van der Waals surface area contributed by atoms with Gasteiger partial charge in [0.05, 0.1) is 18.1 Å². The number of rotatable bonds is 5. The van der Waals surface area contributed by atoms with E-state index in [1.54, 1.807) is 11.3 Å². The molecule has 1 fully saturated rings. The molecule has 0 bridgehead atoms. The Morgan fingerprint density at radius 3 is 3.14 bits per heavy atom. The van der Waals surface area contributed by atoms with Gasteiger partial charge in [-0.3, -0.25) is 9.63 Å². The Morgan fingerprint density at radius 2 is 2.38 bits per heavy atom. The second-order valence-corrected chi connectivity index (χ2v) is 7.18. The minimum Gasteiger partial charge on any atom is -0.381 e. The Kier molecular flexibility index (Phi) is 4.93. The summed E-state index contributed by atoms with van der Waals surface area (Å²) < 4.78 is 5.28. The van der Waals surface area contributed by atoms with Crippen molar-refractivity contribution in [2.75, 3.05) is 19.8 Å². The fraction of sp³-hybridized carbons (Fsp3) is 0.688. The number of nitrogens with one attached hydrogen (secondary N) is 1. The molecule has 0 radical (unpaired) electrons. The van der Waals surface area contributed by atoms with Gasteiger partial charge in [-0.05, 0) is 43.2 Å². The van der Waals surface area contributed by atoms with Gasteiger partial charge >= 0.3 is 0 Å². The van der Waals surface area contributed by atoms with Gasteiger partial charge in [-0.25, -0.2) is 5.48 Å². The molecule has 5 heteroatoms. The Labute approximate surface area is 129 Å². The minimum absolute atomic E-state index is 0.110.